The van der Waals surface area contributed by atoms with Crippen molar-refractivity contribution in [1.82, 2.24) is 4.57 Å². The van der Waals surface area contributed by atoms with Crippen LogP contribution in [0.25, 0.3) is 17.0 Å². The van der Waals surface area contributed by atoms with E-state index in [1.807, 2.05) is 42.9 Å². The molecule has 0 unspecified atom stereocenters. The molecule has 0 amide bonds. The summed E-state index contributed by atoms with van der Waals surface area (Å²) in [6.07, 6.45) is 3.47. The number of rotatable bonds is 6. The van der Waals surface area contributed by atoms with Gasteiger partial charge in [0.2, 0.25) is 5.78 Å². The molecule has 7 nitrogen and oxygen atoms in total. The van der Waals surface area contributed by atoms with E-state index in [-0.39, 0.29) is 24.3 Å². The van der Waals surface area contributed by atoms with E-state index in [1.165, 1.54) is 0 Å². The Morgan fingerprint density at radius 3 is 2.69 bits per heavy atom. The molecule has 0 spiro atoms. The normalized spacial score (nSPS) is 14.1. The summed E-state index contributed by atoms with van der Waals surface area (Å²) in [5.41, 5.74) is 3.07. The van der Waals surface area contributed by atoms with E-state index in [2.05, 4.69) is 0 Å². The van der Waals surface area contributed by atoms with E-state index in [1.54, 1.807) is 39.2 Å². The van der Waals surface area contributed by atoms with Crippen molar-refractivity contribution in [2.45, 2.75) is 26.9 Å². The van der Waals surface area contributed by atoms with E-state index in [9.17, 15) is 9.59 Å². The third-order valence-corrected chi connectivity index (χ3v) is 5.18. The van der Waals surface area contributed by atoms with E-state index in [4.69, 9.17) is 18.9 Å². The number of hydrogen-bond donors (Lipinski definition) is 0. The molecule has 0 bridgehead atoms. The van der Waals surface area contributed by atoms with Gasteiger partial charge in [0.05, 0.1) is 18.8 Å². The lowest BCUT2D eigenvalue weighted by atomic mass is 10.0. The highest BCUT2D eigenvalue weighted by atomic mass is 16.6. The minimum absolute atomic E-state index is 0.192. The second kappa shape index (κ2) is 8.42. The number of aromatic nitrogens is 1. The molecule has 0 saturated carbocycles. The van der Waals surface area contributed by atoms with Crippen molar-refractivity contribution in [3.05, 3.63) is 59.0 Å². The number of ketones is 1. The number of benzene rings is 2. The largest absolute Gasteiger partial charge is 0.497 e. The molecule has 4 rings (SSSR count). The summed E-state index contributed by atoms with van der Waals surface area (Å²) in [4.78, 5) is 24.8. The van der Waals surface area contributed by atoms with Crippen LogP contribution in [0.1, 0.15) is 35.3 Å². The first-order chi connectivity index (χ1) is 15.3. The Bertz CT molecular complexity index is 1250. The molecule has 0 aliphatic carbocycles. The lowest BCUT2D eigenvalue weighted by Crippen LogP contribution is -2.18. The smallest absolute Gasteiger partial charge is 0.344 e. The Hall–Kier alpha value is -3.74. The molecule has 1 aromatic heterocycles. The number of esters is 1. The fourth-order valence-corrected chi connectivity index (χ4v) is 3.78. The van der Waals surface area contributed by atoms with Crippen molar-refractivity contribution in [3.8, 4) is 17.2 Å². The highest BCUT2D eigenvalue weighted by Gasteiger charge is 2.30. The Morgan fingerprint density at radius 1 is 1.19 bits per heavy atom. The molecule has 1 aliphatic rings. The number of allylic oxidation sites excluding steroid dienone is 1. The van der Waals surface area contributed by atoms with Gasteiger partial charge < -0.3 is 23.5 Å². The molecule has 0 N–H and O–H groups in total. The molecule has 0 radical (unpaired) electrons. The lowest BCUT2D eigenvalue weighted by Gasteiger charge is -2.10. The van der Waals surface area contributed by atoms with Crippen molar-refractivity contribution in [3.63, 3.8) is 0 Å². The quantitative estimate of drug-likeness (QED) is 0.421. The molecule has 0 fully saturated rings. The summed E-state index contributed by atoms with van der Waals surface area (Å²) < 4.78 is 23.9. The van der Waals surface area contributed by atoms with E-state index >= 15 is 0 Å². The topological polar surface area (TPSA) is 76.0 Å². The van der Waals surface area contributed by atoms with Crippen LogP contribution in [0.4, 0.5) is 0 Å². The fraction of sp³-hybridized carbons (Fsp3) is 0.280. The Kier molecular flexibility index (Phi) is 5.65. The molecule has 0 saturated heterocycles. The maximum atomic E-state index is 13.0. The Morgan fingerprint density at radius 2 is 1.97 bits per heavy atom. The van der Waals surface area contributed by atoms with Crippen LogP contribution in [0.15, 0.2) is 42.3 Å². The van der Waals surface area contributed by atoms with Crippen molar-refractivity contribution in [1.29, 1.82) is 0 Å². The van der Waals surface area contributed by atoms with Crippen LogP contribution < -0.4 is 14.2 Å². The SMILES string of the molecule is COc1ccc2c(c1)c(/C=C1\Oc3cc(OCC(=O)OC(C)C)cc(C)c3C1=O)cn2C. The van der Waals surface area contributed by atoms with Crippen molar-refractivity contribution in [2.24, 2.45) is 7.05 Å². The maximum Gasteiger partial charge on any atom is 0.344 e. The van der Waals surface area contributed by atoms with Gasteiger partial charge in [-0.2, -0.15) is 0 Å². The molecule has 2 aromatic carbocycles. The van der Waals surface area contributed by atoms with Gasteiger partial charge in [0.1, 0.15) is 17.2 Å². The maximum absolute atomic E-state index is 13.0. The van der Waals surface area contributed by atoms with Crippen molar-refractivity contribution < 1.29 is 28.5 Å². The van der Waals surface area contributed by atoms with Crippen LogP contribution >= 0.6 is 0 Å². The molecule has 32 heavy (non-hydrogen) atoms. The van der Waals surface area contributed by atoms with Gasteiger partial charge in [-0.05, 0) is 56.7 Å². The average molecular weight is 435 g/mol. The number of fused-ring (bicyclic) bond motifs is 2. The van der Waals surface area contributed by atoms with Crippen LogP contribution in [0.5, 0.6) is 17.2 Å². The average Bonchev–Trinajstić information content (AvgIpc) is 3.22. The molecule has 3 aromatic rings. The number of nitrogens with zero attached hydrogens (tertiary/aromatic N) is 1. The summed E-state index contributed by atoms with van der Waals surface area (Å²) >= 11 is 0. The molecular formula is C25H25NO6. The predicted molar refractivity (Wildman–Crippen MR) is 120 cm³/mol. The minimum Gasteiger partial charge on any atom is -0.497 e. The number of Topliss-reactive ketones (excluding diaryl/α,β-unsaturated/α-hetero) is 1. The summed E-state index contributed by atoms with van der Waals surface area (Å²) in [6.45, 7) is 5.14. The highest BCUT2D eigenvalue weighted by molar-refractivity contribution is 6.16. The predicted octanol–water partition coefficient (Wildman–Crippen LogP) is 4.44. The molecule has 166 valence electrons. The van der Waals surface area contributed by atoms with Gasteiger partial charge in [0.25, 0.3) is 0 Å². The van der Waals surface area contributed by atoms with E-state index in [0.717, 1.165) is 22.2 Å². The first-order valence-corrected chi connectivity index (χ1v) is 10.3. The van der Waals surface area contributed by atoms with Crippen LogP contribution in [-0.2, 0) is 16.6 Å². The van der Waals surface area contributed by atoms with Crippen molar-refractivity contribution >= 4 is 28.7 Å². The number of hydrogen-bond acceptors (Lipinski definition) is 6. The van der Waals surface area contributed by atoms with Gasteiger partial charge in [-0.25, -0.2) is 4.79 Å². The van der Waals surface area contributed by atoms with Gasteiger partial charge in [-0.1, -0.05) is 0 Å². The van der Waals surface area contributed by atoms with Crippen molar-refractivity contribution in [2.75, 3.05) is 13.7 Å². The monoisotopic (exact) mass is 435 g/mol. The zero-order valence-corrected chi connectivity index (χ0v) is 18.7. The van der Waals surface area contributed by atoms with Gasteiger partial charge >= 0.3 is 5.97 Å². The third kappa shape index (κ3) is 4.06. The van der Waals surface area contributed by atoms with E-state index in [0.29, 0.717) is 22.6 Å². The summed E-state index contributed by atoms with van der Waals surface area (Å²) in [6, 6.07) is 9.14. The lowest BCUT2D eigenvalue weighted by molar-refractivity contribution is -0.149. The molecule has 1 aliphatic heterocycles. The Labute approximate surface area is 186 Å². The van der Waals surface area contributed by atoms with Crippen LogP contribution in [0.3, 0.4) is 0 Å². The van der Waals surface area contributed by atoms with Gasteiger partial charge in [0.15, 0.2) is 12.4 Å². The van der Waals surface area contributed by atoms with Crippen LogP contribution in [-0.4, -0.2) is 36.1 Å². The number of ether oxygens (including phenoxy) is 4. The number of carbonyl (C=O) groups excluding carboxylic acids is 2. The molecule has 7 heteroatoms. The first-order valence-electron chi connectivity index (χ1n) is 10.3. The van der Waals surface area contributed by atoms with Crippen LogP contribution in [0.2, 0.25) is 0 Å². The number of carbonyl (C=O) groups is 2. The minimum atomic E-state index is -0.456. The van der Waals surface area contributed by atoms with Crippen LogP contribution in [0, 0.1) is 6.92 Å². The Balaban J connectivity index is 1.62. The van der Waals surface area contributed by atoms with Gasteiger partial charge in [0, 0.05) is 35.8 Å². The third-order valence-electron chi connectivity index (χ3n) is 5.18. The molecular weight excluding hydrogens is 410 g/mol. The number of methoxy groups -OCH3 is 1. The molecule has 2 heterocycles. The summed E-state index contributed by atoms with van der Waals surface area (Å²) in [5.74, 6) is 1.16. The summed E-state index contributed by atoms with van der Waals surface area (Å²) in [7, 11) is 3.56. The fourth-order valence-electron chi connectivity index (χ4n) is 3.78. The van der Waals surface area contributed by atoms with Gasteiger partial charge in [-0.3, -0.25) is 4.79 Å². The zero-order chi connectivity index (χ0) is 23.0. The summed E-state index contributed by atoms with van der Waals surface area (Å²) in [5, 5.41) is 0.955. The second-order valence-corrected chi connectivity index (χ2v) is 7.96. The second-order valence-electron chi connectivity index (χ2n) is 7.96. The first kappa shape index (κ1) is 21.5. The highest BCUT2D eigenvalue weighted by Crippen LogP contribution is 2.38. The standard InChI is InChI=1S/C25H25NO6/c1-14(2)31-23(27)13-30-18-8-15(3)24-21(11-18)32-22(25(24)28)9-16-12-26(4)20-7-6-17(29-5)10-19(16)20/h6-12,14H,13H2,1-5H3/b22-9-. The van der Waals surface area contributed by atoms with E-state index < -0.39 is 5.97 Å². The molecule has 0 atom stereocenters. The van der Waals surface area contributed by atoms with Gasteiger partial charge in [-0.15, -0.1) is 0 Å². The zero-order valence-electron chi connectivity index (χ0n) is 18.7. The number of aryl methyl sites for hydroxylation is 2.